The first kappa shape index (κ1) is 21.0. The predicted octanol–water partition coefficient (Wildman–Crippen LogP) is 2.69. The van der Waals surface area contributed by atoms with Crippen molar-refractivity contribution < 1.29 is 0 Å². The van der Waals surface area contributed by atoms with Gasteiger partial charge in [-0.05, 0) is 33.5 Å². The Bertz CT molecular complexity index is 734. The second kappa shape index (κ2) is 10.1. The van der Waals surface area contributed by atoms with Gasteiger partial charge in [-0.3, -0.25) is 9.67 Å². The first-order chi connectivity index (χ1) is 12.9. The van der Waals surface area contributed by atoms with Crippen LogP contribution in [-0.4, -0.2) is 54.4 Å². The van der Waals surface area contributed by atoms with Gasteiger partial charge in [0.15, 0.2) is 5.96 Å². The first-order valence-electron chi connectivity index (χ1n) is 9.64. The summed E-state index contributed by atoms with van der Waals surface area (Å²) in [6, 6.07) is 8.90. The van der Waals surface area contributed by atoms with E-state index in [1.165, 1.54) is 16.7 Å². The molecule has 6 heteroatoms. The van der Waals surface area contributed by atoms with Gasteiger partial charge in [0.1, 0.15) is 0 Å². The van der Waals surface area contributed by atoms with Crippen molar-refractivity contribution in [3.63, 3.8) is 0 Å². The molecule has 148 valence electrons. The molecule has 0 amide bonds. The molecule has 1 aromatic carbocycles. The zero-order chi connectivity index (χ0) is 19.8. The van der Waals surface area contributed by atoms with E-state index in [4.69, 9.17) is 4.99 Å². The van der Waals surface area contributed by atoms with E-state index in [9.17, 15) is 0 Å². The molecule has 6 nitrogen and oxygen atoms in total. The zero-order valence-corrected chi connectivity index (χ0v) is 17.5. The number of benzene rings is 1. The van der Waals surface area contributed by atoms with Gasteiger partial charge in [-0.25, -0.2) is 0 Å². The smallest absolute Gasteiger partial charge is 0.191 e. The third-order valence-electron chi connectivity index (χ3n) is 4.67. The highest BCUT2D eigenvalue weighted by Crippen LogP contribution is 2.17. The number of aromatic nitrogens is 2. The van der Waals surface area contributed by atoms with E-state index in [-0.39, 0.29) is 6.04 Å². The van der Waals surface area contributed by atoms with Crippen LogP contribution in [0.1, 0.15) is 42.5 Å². The Hall–Kier alpha value is -2.34. The number of guanidine groups is 1. The minimum absolute atomic E-state index is 0.233. The predicted molar refractivity (Wildman–Crippen MR) is 113 cm³/mol. The molecule has 0 spiro atoms. The Balaban J connectivity index is 2.01. The first-order valence-corrected chi connectivity index (χ1v) is 9.64. The van der Waals surface area contributed by atoms with Gasteiger partial charge in [-0.1, -0.05) is 36.8 Å². The molecule has 0 aliphatic heterocycles. The van der Waals surface area contributed by atoms with Gasteiger partial charge in [-0.2, -0.15) is 5.10 Å². The van der Waals surface area contributed by atoms with Crippen LogP contribution in [0.25, 0.3) is 0 Å². The van der Waals surface area contributed by atoms with Crippen LogP contribution < -0.4 is 10.6 Å². The highest BCUT2D eigenvalue weighted by Gasteiger charge is 2.16. The zero-order valence-electron chi connectivity index (χ0n) is 17.5. The summed E-state index contributed by atoms with van der Waals surface area (Å²) in [5.74, 6) is 1.23. The maximum Gasteiger partial charge on any atom is 0.191 e. The standard InChI is InChI=1S/C21H34N6/c1-7-22-21(23-12-17(3)18-10-8-9-16(2)11-18)24-14-20(26(4)5)19-13-25-27(6)15-19/h8-11,13,15,17,20H,7,12,14H2,1-6H3,(H2,22,23,24). The van der Waals surface area contributed by atoms with Crippen molar-refractivity contribution >= 4 is 5.96 Å². The van der Waals surface area contributed by atoms with Gasteiger partial charge in [0.25, 0.3) is 0 Å². The van der Waals surface area contributed by atoms with Gasteiger partial charge < -0.3 is 15.5 Å². The van der Waals surface area contributed by atoms with Gasteiger partial charge in [0.05, 0.1) is 12.2 Å². The van der Waals surface area contributed by atoms with Crippen LogP contribution in [0.5, 0.6) is 0 Å². The molecule has 1 heterocycles. The van der Waals surface area contributed by atoms with E-state index in [0.29, 0.717) is 5.92 Å². The number of hydrogen-bond donors (Lipinski definition) is 2. The Morgan fingerprint density at radius 3 is 2.63 bits per heavy atom. The molecule has 2 rings (SSSR count). The average Bonchev–Trinajstić information content (AvgIpc) is 3.05. The Kier molecular flexibility index (Phi) is 7.85. The van der Waals surface area contributed by atoms with Gasteiger partial charge in [-0.15, -0.1) is 0 Å². The summed E-state index contributed by atoms with van der Waals surface area (Å²) in [6.45, 7) is 8.79. The van der Waals surface area contributed by atoms with E-state index in [2.05, 4.69) is 86.0 Å². The van der Waals surface area contributed by atoms with Crippen molar-refractivity contribution in [1.29, 1.82) is 0 Å². The molecule has 2 atom stereocenters. The van der Waals surface area contributed by atoms with Crippen molar-refractivity contribution in [3.8, 4) is 0 Å². The maximum absolute atomic E-state index is 4.80. The quantitative estimate of drug-likeness (QED) is 0.554. The average molecular weight is 371 g/mol. The molecule has 0 aliphatic carbocycles. The van der Waals surface area contributed by atoms with Gasteiger partial charge in [0, 0.05) is 44.4 Å². The van der Waals surface area contributed by atoms with Crippen LogP contribution in [-0.2, 0) is 7.05 Å². The number of aliphatic imine (C=N–C) groups is 1. The summed E-state index contributed by atoms with van der Waals surface area (Å²) in [7, 11) is 6.12. The molecule has 2 unspecified atom stereocenters. The molecular formula is C21H34N6. The number of aryl methyl sites for hydroxylation is 2. The summed E-state index contributed by atoms with van der Waals surface area (Å²) in [4.78, 5) is 7.00. The lowest BCUT2D eigenvalue weighted by atomic mass is 10.00. The van der Waals surface area contributed by atoms with Gasteiger partial charge >= 0.3 is 0 Å². The van der Waals surface area contributed by atoms with Crippen LogP contribution in [0.4, 0.5) is 0 Å². The number of rotatable bonds is 8. The molecule has 0 fully saturated rings. The lowest BCUT2D eigenvalue weighted by Crippen LogP contribution is -2.42. The second-order valence-electron chi connectivity index (χ2n) is 7.34. The minimum Gasteiger partial charge on any atom is -0.357 e. The van der Waals surface area contributed by atoms with E-state index in [0.717, 1.165) is 25.6 Å². The normalized spacial score (nSPS) is 14.3. The molecular weight excluding hydrogens is 336 g/mol. The van der Waals surface area contributed by atoms with Crippen LogP contribution >= 0.6 is 0 Å². The van der Waals surface area contributed by atoms with Crippen LogP contribution in [0.3, 0.4) is 0 Å². The number of hydrogen-bond acceptors (Lipinski definition) is 3. The third kappa shape index (κ3) is 6.40. The molecule has 2 aromatic rings. The van der Waals surface area contributed by atoms with Crippen molar-refractivity contribution in [2.24, 2.45) is 12.0 Å². The third-order valence-corrected chi connectivity index (χ3v) is 4.67. The fourth-order valence-corrected chi connectivity index (χ4v) is 3.06. The van der Waals surface area contributed by atoms with E-state index < -0.39 is 0 Å². The molecule has 1 aromatic heterocycles. The molecule has 0 saturated heterocycles. The van der Waals surface area contributed by atoms with Crippen molar-refractivity contribution in [2.45, 2.75) is 32.7 Å². The molecule has 0 radical (unpaired) electrons. The van der Waals surface area contributed by atoms with Crippen molar-refractivity contribution in [3.05, 3.63) is 53.3 Å². The monoisotopic (exact) mass is 370 g/mol. The highest BCUT2D eigenvalue weighted by molar-refractivity contribution is 5.79. The summed E-state index contributed by atoms with van der Waals surface area (Å²) >= 11 is 0. The Morgan fingerprint density at radius 1 is 1.26 bits per heavy atom. The Morgan fingerprint density at radius 2 is 2.04 bits per heavy atom. The molecule has 0 aliphatic rings. The fourth-order valence-electron chi connectivity index (χ4n) is 3.06. The fraction of sp³-hybridized carbons (Fsp3) is 0.524. The van der Waals surface area contributed by atoms with Crippen LogP contribution in [0.2, 0.25) is 0 Å². The van der Waals surface area contributed by atoms with E-state index >= 15 is 0 Å². The summed E-state index contributed by atoms with van der Waals surface area (Å²) in [6.07, 6.45) is 3.99. The second-order valence-corrected chi connectivity index (χ2v) is 7.34. The largest absolute Gasteiger partial charge is 0.357 e. The van der Waals surface area contributed by atoms with Gasteiger partial charge in [0.2, 0.25) is 0 Å². The minimum atomic E-state index is 0.233. The Labute approximate surface area is 163 Å². The van der Waals surface area contributed by atoms with E-state index in [1.54, 1.807) is 0 Å². The van der Waals surface area contributed by atoms with Crippen molar-refractivity contribution in [1.82, 2.24) is 25.3 Å². The summed E-state index contributed by atoms with van der Waals surface area (Å²) < 4.78 is 1.84. The summed E-state index contributed by atoms with van der Waals surface area (Å²) in [5, 5.41) is 11.1. The van der Waals surface area contributed by atoms with Crippen LogP contribution in [0.15, 0.2) is 41.7 Å². The molecule has 0 saturated carbocycles. The van der Waals surface area contributed by atoms with E-state index in [1.807, 2.05) is 17.9 Å². The lowest BCUT2D eigenvalue weighted by molar-refractivity contribution is 0.298. The SMILES string of the molecule is CCNC(=NCC(C)c1cccc(C)c1)NCC(c1cnn(C)c1)N(C)C. The van der Waals surface area contributed by atoms with Crippen LogP contribution in [0, 0.1) is 6.92 Å². The lowest BCUT2D eigenvalue weighted by Gasteiger charge is -2.24. The highest BCUT2D eigenvalue weighted by atomic mass is 15.3. The summed E-state index contributed by atoms with van der Waals surface area (Å²) in [5.41, 5.74) is 3.81. The molecule has 27 heavy (non-hydrogen) atoms. The molecule has 0 bridgehead atoms. The topological polar surface area (TPSA) is 57.5 Å². The maximum atomic E-state index is 4.80. The number of nitrogens with one attached hydrogen (secondary N) is 2. The number of likely N-dealkylation sites (N-methyl/N-ethyl adjacent to an activating group) is 1. The molecule has 2 N–H and O–H groups in total. The number of nitrogens with zero attached hydrogens (tertiary/aromatic N) is 4. The van der Waals surface area contributed by atoms with Crippen molar-refractivity contribution in [2.75, 3.05) is 33.7 Å².